The van der Waals surface area contributed by atoms with E-state index in [9.17, 15) is 14.7 Å². The lowest BCUT2D eigenvalue weighted by Gasteiger charge is -2.12. The second-order valence-corrected chi connectivity index (χ2v) is 14.2. The van der Waals surface area contributed by atoms with Crippen molar-refractivity contribution in [2.75, 3.05) is 13.2 Å². The lowest BCUT2D eigenvalue weighted by Crippen LogP contribution is -2.25. The highest BCUT2D eigenvalue weighted by Crippen LogP contribution is 2.16. The van der Waals surface area contributed by atoms with Crippen molar-refractivity contribution >= 4 is 11.9 Å². The van der Waals surface area contributed by atoms with Crippen molar-refractivity contribution in [1.82, 2.24) is 0 Å². The Hall–Kier alpha value is -1.10. The number of ether oxygens (including phenoxy) is 2. The second-order valence-electron chi connectivity index (χ2n) is 14.2. The van der Waals surface area contributed by atoms with Crippen molar-refractivity contribution in [3.63, 3.8) is 0 Å². The summed E-state index contributed by atoms with van der Waals surface area (Å²) in [6, 6.07) is 0. The summed E-state index contributed by atoms with van der Waals surface area (Å²) in [4.78, 5) is 23.9. The zero-order valence-corrected chi connectivity index (χ0v) is 30.6. The van der Waals surface area contributed by atoms with Gasteiger partial charge >= 0.3 is 11.9 Å². The van der Waals surface area contributed by atoms with Crippen LogP contribution in [-0.2, 0) is 19.1 Å². The van der Waals surface area contributed by atoms with Crippen LogP contribution in [0.4, 0.5) is 0 Å². The minimum atomic E-state index is -0.955. The van der Waals surface area contributed by atoms with Gasteiger partial charge in [-0.2, -0.15) is 0 Å². The quantitative estimate of drug-likeness (QED) is 0.0546. The number of aliphatic hydroxyl groups is 1. The maximum Gasteiger partial charge on any atom is 0.305 e. The summed E-state index contributed by atoms with van der Waals surface area (Å²) >= 11 is 0. The minimum absolute atomic E-state index is 0.108. The Bertz CT molecular complexity index is 620. The first-order chi connectivity index (χ1) is 22.0. The summed E-state index contributed by atoms with van der Waals surface area (Å²) in [5.41, 5.74) is 0. The standard InChI is InChI=1S/C40H78O5/c1-4-5-6-7-8-9-10-11-12-15-18-21-24-27-30-33-39(42)44-35-38(41)36-45-40(43)34-31-28-25-22-19-16-13-14-17-20-23-26-29-32-37(2)3/h37-38,41H,4-36H2,1-3H3/t38-/m1/s1. The highest BCUT2D eigenvalue weighted by molar-refractivity contribution is 5.69. The Morgan fingerprint density at radius 1 is 0.444 bits per heavy atom. The molecule has 0 aliphatic heterocycles. The molecule has 0 bridgehead atoms. The fraction of sp³-hybridized carbons (Fsp3) is 0.950. The van der Waals surface area contributed by atoms with Crippen LogP contribution in [0, 0.1) is 5.92 Å². The van der Waals surface area contributed by atoms with Crippen LogP contribution in [0.3, 0.4) is 0 Å². The van der Waals surface area contributed by atoms with E-state index in [0.717, 1.165) is 31.6 Å². The Morgan fingerprint density at radius 3 is 1.00 bits per heavy atom. The Kier molecular flexibility index (Phi) is 34.9. The van der Waals surface area contributed by atoms with E-state index in [1.165, 1.54) is 161 Å². The molecule has 0 aromatic carbocycles. The molecule has 0 aromatic rings. The molecule has 5 heteroatoms. The smallest absolute Gasteiger partial charge is 0.305 e. The lowest BCUT2D eigenvalue weighted by atomic mass is 10.0. The Morgan fingerprint density at radius 2 is 0.711 bits per heavy atom. The molecule has 0 heterocycles. The number of aliphatic hydroxyl groups excluding tert-OH is 1. The van der Waals surface area contributed by atoms with E-state index in [1.54, 1.807) is 0 Å². The zero-order valence-electron chi connectivity index (χ0n) is 30.6. The number of hydrogen-bond donors (Lipinski definition) is 1. The molecule has 45 heavy (non-hydrogen) atoms. The van der Waals surface area contributed by atoms with E-state index < -0.39 is 6.10 Å². The maximum atomic E-state index is 12.0. The second kappa shape index (κ2) is 35.7. The van der Waals surface area contributed by atoms with Crippen LogP contribution in [0.25, 0.3) is 0 Å². The van der Waals surface area contributed by atoms with Crippen LogP contribution in [0.5, 0.6) is 0 Å². The van der Waals surface area contributed by atoms with E-state index in [-0.39, 0.29) is 25.2 Å². The van der Waals surface area contributed by atoms with Gasteiger partial charge in [-0.05, 0) is 18.8 Å². The average Bonchev–Trinajstić information content (AvgIpc) is 3.02. The van der Waals surface area contributed by atoms with Gasteiger partial charge in [-0.3, -0.25) is 9.59 Å². The first-order valence-corrected chi connectivity index (χ1v) is 19.9. The van der Waals surface area contributed by atoms with Crippen molar-refractivity contribution in [3.8, 4) is 0 Å². The van der Waals surface area contributed by atoms with Crippen LogP contribution < -0.4 is 0 Å². The molecule has 0 aliphatic carbocycles. The topological polar surface area (TPSA) is 72.8 Å². The van der Waals surface area contributed by atoms with E-state index in [2.05, 4.69) is 20.8 Å². The van der Waals surface area contributed by atoms with Gasteiger partial charge in [0.15, 0.2) is 0 Å². The fourth-order valence-corrected chi connectivity index (χ4v) is 5.98. The summed E-state index contributed by atoms with van der Waals surface area (Å²) in [5, 5.41) is 10.0. The van der Waals surface area contributed by atoms with Gasteiger partial charge in [-0.1, -0.05) is 194 Å². The van der Waals surface area contributed by atoms with Crippen LogP contribution in [-0.4, -0.2) is 36.4 Å². The lowest BCUT2D eigenvalue weighted by molar-refractivity contribution is -0.152. The van der Waals surface area contributed by atoms with Crippen LogP contribution in [0.2, 0.25) is 0 Å². The predicted octanol–water partition coefficient (Wildman–Crippen LogP) is 12.2. The minimum Gasteiger partial charge on any atom is -0.463 e. The summed E-state index contributed by atoms with van der Waals surface area (Å²) in [7, 11) is 0. The van der Waals surface area contributed by atoms with Gasteiger partial charge in [0.2, 0.25) is 0 Å². The van der Waals surface area contributed by atoms with Gasteiger partial charge < -0.3 is 14.6 Å². The van der Waals surface area contributed by atoms with Crippen LogP contribution in [0.1, 0.15) is 220 Å². The van der Waals surface area contributed by atoms with Gasteiger partial charge in [0.05, 0.1) is 0 Å². The number of hydrogen-bond acceptors (Lipinski definition) is 5. The molecular weight excluding hydrogens is 560 g/mol. The molecule has 1 N–H and O–H groups in total. The van der Waals surface area contributed by atoms with Gasteiger partial charge in [0, 0.05) is 12.8 Å². The molecule has 0 radical (unpaired) electrons. The fourth-order valence-electron chi connectivity index (χ4n) is 5.98. The average molecular weight is 639 g/mol. The first kappa shape index (κ1) is 43.9. The third-order valence-corrected chi connectivity index (χ3v) is 9.02. The molecule has 5 nitrogen and oxygen atoms in total. The van der Waals surface area contributed by atoms with Gasteiger partial charge in [-0.15, -0.1) is 0 Å². The molecule has 0 spiro atoms. The van der Waals surface area contributed by atoms with Crippen molar-refractivity contribution < 1.29 is 24.2 Å². The normalized spacial score (nSPS) is 12.1. The van der Waals surface area contributed by atoms with Crippen LogP contribution in [0.15, 0.2) is 0 Å². The number of esters is 2. The monoisotopic (exact) mass is 639 g/mol. The first-order valence-electron chi connectivity index (χ1n) is 19.9. The summed E-state index contributed by atoms with van der Waals surface area (Å²) in [6.07, 6.45) is 37.3. The molecule has 0 fully saturated rings. The van der Waals surface area contributed by atoms with Gasteiger partial charge in [0.1, 0.15) is 19.3 Å². The SMILES string of the molecule is CCCCCCCCCCCCCCCCCC(=O)OC[C@@H](O)COC(=O)CCCCCCCCCCCCCCCC(C)C. The van der Waals surface area contributed by atoms with E-state index in [4.69, 9.17) is 9.47 Å². The number of carbonyl (C=O) groups is 2. The van der Waals surface area contributed by atoms with Crippen molar-refractivity contribution in [2.24, 2.45) is 5.92 Å². The van der Waals surface area contributed by atoms with Gasteiger partial charge in [0.25, 0.3) is 0 Å². The summed E-state index contributed by atoms with van der Waals surface area (Å²) < 4.78 is 10.3. The van der Waals surface area contributed by atoms with E-state index in [0.29, 0.717) is 12.8 Å². The van der Waals surface area contributed by atoms with Crippen LogP contribution >= 0.6 is 0 Å². The molecule has 0 unspecified atom stereocenters. The molecular formula is C40H78O5. The summed E-state index contributed by atoms with van der Waals surface area (Å²) in [5.74, 6) is 0.297. The Labute approximate surface area is 280 Å². The van der Waals surface area contributed by atoms with Crippen molar-refractivity contribution in [1.29, 1.82) is 0 Å². The predicted molar refractivity (Wildman–Crippen MR) is 192 cm³/mol. The molecule has 1 atom stereocenters. The number of unbranched alkanes of at least 4 members (excludes halogenated alkanes) is 26. The van der Waals surface area contributed by atoms with Crippen molar-refractivity contribution in [2.45, 2.75) is 226 Å². The molecule has 0 aliphatic rings. The molecule has 0 saturated heterocycles. The largest absolute Gasteiger partial charge is 0.463 e. The summed E-state index contributed by atoms with van der Waals surface area (Å²) in [6.45, 7) is 6.68. The van der Waals surface area contributed by atoms with Crippen molar-refractivity contribution in [3.05, 3.63) is 0 Å². The molecule has 0 aromatic heterocycles. The third kappa shape index (κ3) is 37.2. The number of carbonyl (C=O) groups excluding carboxylic acids is 2. The molecule has 268 valence electrons. The van der Waals surface area contributed by atoms with Gasteiger partial charge in [-0.25, -0.2) is 0 Å². The molecule has 0 rings (SSSR count). The van der Waals surface area contributed by atoms with E-state index in [1.807, 2.05) is 0 Å². The molecule has 0 amide bonds. The van der Waals surface area contributed by atoms with E-state index >= 15 is 0 Å². The highest BCUT2D eigenvalue weighted by atomic mass is 16.6. The zero-order chi connectivity index (χ0) is 33.1. The highest BCUT2D eigenvalue weighted by Gasteiger charge is 2.12. The third-order valence-electron chi connectivity index (χ3n) is 9.02. The maximum absolute atomic E-state index is 12.0. The Balaban J connectivity index is 3.38. The number of rotatable bonds is 36. The molecule has 0 saturated carbocycles.